The van der Waals surface area contributed by atoms with E-state index >= 15 is 0 Å². The number of rotatable bonds is 7. The van der Waals surface area contributed by atoms with Gasteiger partial charge in [0, 0.05) is 25.0 Å². The van der Waals surface area contributed by atoms with Crippen LogP contribution in [0.2, 0.25) is 0 Å². The summed E-state index contributed by atoms with van der Waals surface area (Å²) >= 11 is 3.43. The number of nitriles is 1. The first-order chi connectivity index (χ1) is 9.12. The van der Waals surface area contributed by atoms with Crippen LogP contribution in [0.25, 0.3) is 0 Å². The van der Waals surface area contributed by atoms with Gasteiger partial charge in [0.25, 0.3) is 0 Å². The lowest BCUT2D eigenvalue weighted by Gasteiger charge is -2.27. The van der Waals surface area contributed by atoms with Gasteiger partial charge in [0.2, 0.25) is 0 Å². The molecule has 4 heteroatoms. The van der Waals surface area contributed by atoms with E-state index in [1.54, 1.807) is 0 Å². The van der Waals surface area contributed by atoms with Crippen molar-refractivity contribution in [3.8, 4) is 6.07 Å². The van der Waals surface area contributed by atoms with Gasteiger partial charge in [0.1, 0.15) is 6.07 Å². The Morgan fingerprint density at radius 3 is 2.47 bits per heavy atom. The van der Waals surface area contributed by atoms with Crippen LogP contribution >= 0.6 is 15.9 Å². The Morgan fingerprint density at radius 1 is 1.21 bits per heavy atom. The van der Waals surface area contributed by atoms with Gasteiger partial charge in [-0.15, -0.1) is 0 Å². The number of halogens is 1. The van der Waals surface area contributed by atoms with Gasteiger partial charge in [0.15, 0.2) is 0 Å². The molecular formula is C15H22BrN3. The molecule has 0 aliphatic heterocycles. The summed E-state index contributed by atoms with van der Waals surface area (Å²) in [6.45, 7) is 5.09. The van der Waals surface area contributed by atoms with Crippen molar-refractivity contribution in [2.75, 3.05) is 38.6 Å². The Hall–Kier alpha value is -1.05. The standard InChI is InChI=1S/C15H22BrN3/c1-4-7-19(9-8-18(2)3)15-6-5-13(11-16)10-14(15)12-17/h5-6,10H,4,7-9,11H2,1-3H3. The Kier molecular flexibility index (Phi) is 6.90. The van der Waals surface area contributed by atoms with E-state index in [-0.39, 0.29) is 0 Å². The normalized spacial score (nSPS) is 10.5. The molecule has 0 spiro atoms. The van der Waals surface area contributed by atoms with Gasteiger partial charge in [-0.25, -0.2) is 0 Å². The Balaban J connectivity index is 2.97. The van der Waals surface area contributed by atoms with Crippen molar-refractivity contribution < 1.29 is 0 Å². The molecule has 104 valence electrons. The lowest BCUT2D eigenvalue weighted by atomic mass is 10.1. The van der Waals surface area contributed by atoms with Crippen molar-refractivity contribution in [2.45, 2.75) is 18.7 Å². The number of nitrogens with zero attached hydrogens (tertiary/aromatic N) is 3. The van der Waals surface area contributed by atoms with Crippen LogP contribution in [0, 0.1) is 11.3 Å². The molecule has 0 atom stereocenters. The summed E-state index contributed by atoms with van der Waals surface area (Å²) in [4.78, 5) is 4.47. The maximum Gasteiger partial charge on any atom is 0.101 e. The van der Waals surface area contributed by atoms with Crippen molar-refractivity contribution in [3.05, 3.63) is 29.3 Å². The highest BCUT2D eigenvalue weighted by Crippen LogP contribution is 2.22. The predicted molar refractivity (Wildman–Crippen MR) is 84.8 cm³/mol. The first-order valence-corrected chi connectivity index (χ1v) is 7.73. The van der Waals surface area contributed by atoms with Gasteiger partial charge in [-0.05, 0) is 38.2 Å². The summed E-state index contributed by atoms with van der Waals surface area (Å²) in [6, 6.07) is 8.45. The third-order valence-corrected chi connectivity index (χ3v) is 3.63. The predicted octanol–water partition coefficient (Wildman–Crippen LogP) is 3.23. The van der Waals surface area contributed by atoms with E-state index < -0.39 is 0 Å². The monoisotopic (exact) mass is 323 g/mol. The number of hydrogen-bond donors (Lipinski definition) is 0. The molecule has 0 saturated carbocycles. The highest BCUT2D eigenvalue weighted by Gasteiger charge is 2.11. The molecule has 1 aromatic rings. The average molecular weight is 324 g/mol. The summed E-state index contributed by atoms with van der Waals surface area (Å²) in [7, 11) is 4.15. The second-order valence-electron chi connectivity index (χ2n) is 4.89. The van der Waals surface area contributed by atoms with Crippen molar-refractivity contribution >= 4 is 21.6 Å². The van der Waals surface area contributed by atoms with Gasteiger partial charge < -0.3 is 9.80 Å². The maximum absolute atomic E-state index is 9.33. The molecular weight excluding hydrogens is 302 g/mol. The Labute approximate surface area is 124 Å². The molecule has 0 unspecified atom stereocenters. The van der Waals surface area contributed by atoms with Gasteiger partial charge in [-0.3, -0.25) is 0 Å². The van der Waals surface area contributed by atoms with Crippen LogP contribution in [0.3, 0.4) is 0 Å². The Bertz CT molecular complexity index is 438. The molecule has 0 bridgehead atoms. The number of hydrogen-bond acceptors (Lipinski definition) is 3. The number of benzene rings is 1. The van der Waals surface area contributed by atoms with Crippen molar-refractivity contribution in [1.29, 1.82) is 5.26 Å². The number of anilines is 1. The van der Waals surface area contributed by atoms with Gasteiger partial charge >= 0.3 is 0 Å². The van der Waals surface area contributed by atoms with Crippen LogP contribution < -0.4 is 4.90 Å². The van der Waals surface area contributed by atoms with Gasteiger partial charge in [-0.1, -0.05) is 28.9 Å². The molecule has 0 amide bonds. The molecule has 0 aromatic heterocycles. The van der Waals surface area contributed by atoms with Crippen LogP contribution in [-0.4, -0.2) is 38.6 Å². The summed E-state index contributed by atoms with van der Waals surface area (Å²) < 4.78 is 0. The fourth-order valence-corrected chi connectivity index (χ4v) is 2.32. The molecule has 0 fully saturated rings. The van der Waals surface area contributed by atoms with E-state index in [4.69, 9.17) is 0 Å². The Morgan fingerprint density at radius 2 is 1.95 bits per heavy atom. The molecule has 1 rings (SSSR count). The highest BCUT2D eigenvalue weighted by molar-refractivity contribution is 9.08. The van der Waals surface area contributed by atoms with Crippen LogP contribution in [-0.2, 0) is 5.33 Å². The second kappa shape index (κ2) is 8.19. The minimum absolute atomic E-state index is 0.768. The first kappa shape index (κ1) is 16.0. The van der Waals surface area contributed by atoms with E-state index in [1.165, 1.54) is 0 Å². The van der Waals surface area contributed by atoms with Crippen LogP contribution in [0.5, 0.6) is 0 Å². The maximum atomic E-state index is 9.33. The molecule has 0 N–H and O–H groups in total. The lowest BCUT2D eigenvalue weighted by molar-refractivity contribution is 0.413. The number of likely N-dealkylation sites (N-methyl/N-ethyl adjacent to an activating group) is 1. The minimum Gasteiger partial charge on any atom is -0.369 e. The zero-order valence-electron chi connectivity index (χ0n) is 12.0. The van der Waals surface area contributed by atoms with E-state index in [9.17, 15) is 5.26 Å². The quantitative estimate of drug-likeness (QED) is 0.722. The molecule has 1 aromatic carbocycles. The molecule has 0 aliphatic rings. The molecule has 0 heterocycles. The van der Waals surface area contributed by atoms with Crippen molar-refractivity contribution in [1.82, 2.24) is 4.90 Å². The third-order valence-electron chi connectivity index (χ3n) is 2.99. The van der Waals surface area contributed by atoms with E-state index in [1.807, 2.05) is 6.07 Å². The average Bonchev–Trinajstić information content (AvgIpc) is 2.42. The van der Waals surface area contributed by atoms with Crippen molar-refractivity contribution in [2.24, 2.45) is 0 Å². The van der Waals surface area contributed by atoms with Gasteiger partial charge in [0.05, 0.1) is 11.3 Å². The highest BCUT2D eigenvalue weighted by atomic mass is 79.9. The zero-order valence-corrected chi connectivity index (χ0v) is 13.6. The molecule has 0 radical (unpaired) electrons. The molecule has 3 nitrogen and oxygen atoms in total. The first-order valence-electron chi connectivity index (χ1n) is 6.61. The minimum atomic E-state index is 0.768. The third kappa shape index (κ3) is 4.85. The summed E-state index contributed by atoms with van der Waals surface area (Å²) in [5.41, 5.74) is 2.96. The van der Waals surface area contributed by atoms with Crippen molar-refractivity contribution in [3.63, 3.8) is 0 Å². The molecule has 0 aliphatic carbocycles. The number of alkyl halides is 1. The smallest absolute Gasteiger partial charge is 0.101 e. The van der Waals surface area contributed by atoms with E-state index in [2.05, 4.69) is 65.0 Å². The zero-order chi connectivity index (χ0) is 14.3. The summed E-state index contributed by atoms with van der Waals surface area (Å²) in [6.07, 6.45) is 1.08. The largest absolute Gasteiger partial charge is 0.369 e. The topological polar surface area (TPSA) is 30.3 Å². The van der Waals surface area contributed by atoms with Crippen LogP contribution in [0.1, 0.15) is 24.5 Å². The summed E-state index contributed by atoms with van der Waals surface area (Å²) in [5, 5.41) is 10.1. The van der Waals surface area contributed by atoms with E-state index in [0.717, 1.165) is 48.2 Å². The molecule has 0 saturated heterocycles. The van der Waals surface area contributed by atoms with E-state index in [0.29, 0.717) is 0 Å². The molecule has 19 heavy (non-hydrogen) atoms. The van der Waals surface area contributed by atoms with Crippen LogP contribution in [0.4, 0.5) is 5.69 Å². The second-order valence-corrected chi connectivity index (χ2v) is 5.45. The lowest BCUT2D eigenvalue weighted by Crippen LogP contribution is -2.32. The fourth-order valence-electron chi connectivity index (χ4n) is 1.97. The SMILES string of the molecule is CCCN(CCN(C)C)c1ccc(CBr)cc1C#N. The summed E-state index contributed by atoms with van der Waals surface area (Å²) in [5.74, 6) is 0. The fraction of sp³-hybridized carbons (Fsp3) is 0.533. The van der Waals surface area contributed by atoms with Crippen LogP contribution in [0.15, 0.2) is 18.2 Å². The van der Waals surface area contributed by atoms with Gasteiger partial charge in [-0.2, -0.15) is 5.26 Å².